The summed E-state index contributed by atoms with van der Waals surface area (Å²) >= 11 is 0. The summed E-state index contributed by atoms with van der Waals surface area (Å²) in [5, 5.41) is 2.91. The lowest BCUT2D eigenvalue weighted by Crippen LogP contribution is -2.47. The molecule has 0 spiro atoms. The molecule has 7 heteroatoms. The number of rotatable bonds is 5. The van der Waals surface area contributed by atoms with Gasteiger partial charge in [0.2, 0.25) is 0 Å². The van der Waals surface area contributed by atoms with Crippen molar-refractivity contribution >= 4 is 11.9 Å². The van der Waals surface area contributed by atoms with Gasteiger partial charge in [0.1, 0.15) is 11.5 Å². The molecule has 0 aromatic heterocycles. The number of hydrogen-bond donors (Lipinski definition) is 1. The van der Waals surface area contributed by atoms with E-state index in [9.17, 15) is 9.59 Å². The van der Waals surface area contributed by atoms with Gasteiger partial charge in [0, 0.05) is 19.2 Å². The number of amides is 3. The van der Waals surface area contributed by atoms with E-state index in [-0.39, 0.29) is 11.9 Å². The molecule has 0 bridgehead atoms. The summed E-state index contributed by atoms with van der Waals surface area (Å²) in [6, 6.07) is 4.46. The largest absolute Gasteiger partial charge is 0.497 e. The molecule has 1 atom stereocenters. The molecule has 25 heavy (non-hydrogen) atoms. The maximum Gasteiger partial charge on any atom is 0.322 e. The third kappa shape index (κ3) is 2.71. The van der Waals surface area contributed by atoms with Crippen LogP contribution in [-0.4, -0.2) is 56.1 Å². The first-order valence-electron chi connectivity index (χ1n) is 7.91. The van der Waals surface area contributed by atoms with Gasteiger partial charge in [0.25, 0.3) is 5.91 Å². The van der Waals surface area contributed by atoms with E-state index in [0.29, 0.717) is 41.4 Å². The van der Waals surface area contributed by atoms with E-state index < -0.39 is 6.04 Å². The van der Waals surface area contributed by atoms with Crippen molar-refractivity contribution < 1.29 is 19.1 Å². The van der Waals surface area contributed by atoms with Gasteiger partial charge >= 0.3 is 6.03 Å². The van der Waals surface area contributed by atoms with Crippen molar-refractivity contribution in [2.75, 3.05) is 34.4 Å². The second kappa shape index (κ2) is 6.51. The van der Waals surface area contributed by atoms with Crippen LogP contribution in [0.4, 0.5) is 4.79 Å². The zero-order valence-electron chi connectivity index (χ0n) is 14.5. The zero-order valence-corrected chi connectivity index (χ0v) is 14.5. The van der Waals surface area contributed by atoms with Gasteiger partial charge in [0.15, 0.2) is 0 Å². The van der Waals surface area contributed by atoms with Crippen LogP contribution in [0.15, 0.2) is 42.1 Å². The summed E-state index contributed by atoms with van der Waals surface area (Å²) in [5.41, 5.74) is 1.94. The van der Waals surface area contributed by atoms with Crippen molar-refractivity contribution in [1.82, 2.24) is 15.1 Å². The Morgan fingerprint density at radius 3 is 2.72 bits per heavy atom. The van der Waals surface area contributed by atoms with Crippen molar-refractivity contribution in [3.63, 3.8) is 0 Å². The quantitative estimate of drug-likeness (QED) is 0.826. The number of carbonyl (C=O) groups is 2. The molecule has 1 aromatic carbocycles. The lowest BCUT2D eigenvalue weighted by molar-refractivity contribution is -0.124. The van der Waals surface area contributed by atoms with E-state index in [1.807, 2.05) is 0 Å². The van der Waals surface area contributed by atoms with Crippen molar-refractivity contribution in [1.29, 1.82) is 0 Å². The van der Waals surface area contributed by atoms with Crippen molar-refractivity contribution in [3.05, 3.63) is 47.7 Å². The highest BCUT2D eigenvalue weighted by Gasteiger charge is 2.43. The molecule has 0 fully saturated rings. The van der Waals surface area contributed by atoms with Gasteiger partial charge < -0.3 is 19.7 Å². The molecule has 0 radical (unpaired) electrons. The number of hydrogen-bond acceptors (Lipinski definition) is 4. The van der Waals surface area contributed by atoms with Crippen LogP contribution in [0.3, 0.4) is 0 Å². The normalized spacial score (nSPS) is 19.7. The van der Waals surface area contributed by atoms with Crippen LogP contribution >= 0.6 is 0 Å². The minimum absolute atomic E-state index is 0.112. The van der Waals surface area contributed by atoms with E-state index in [1.54, 1.807) is 55.3 Å². The lowest BCUT2D eigenvalue weighted by Gasteiger charge is -2.33. The number of methoxy groups -OCH3 is 2. The molecule has 3 amide bonds. The molecule has 2 heterocycles. The Kier molecular flexibility index (Phi) is 4.39. The van der Waals surface area contributed by atoms with Crippen molar-refractivity contribution in [2.24, 2.45) is 0 Å². The third-order valence-electron chi connectivity index (χ3n) is 4.46. The van der Waals surface area contributed by atoms with Crippen LogP contribution in [0.2, 0.25) is 0 Å². The predicted molar refractivity (Wildman–Crippen MR) is 92.4 cm³/mol. The molecule has 0 saturated carbocycles. The van der Waals surface area contributed by atoms with Gasteiger partial charge in [-0.15, -0.1) is 6.58 Å². The second-order valence-electron chi connectivity index (χ2n) is 5.91. The number of nitrogens with one attached hydrogen (secondary N) is 1. The van der Waals surface area contributed by atoms with Crippen molar-refractivity contribution in [3.8, 4) is 11.5 Å². The van der Waals surface area contributed by atoms with Gasteiger partial charge in [-0.1, -0.05) is 6.08 Å². The average molecular weight is 343 g/mol. The molecular weight excluding hydrogens is 322 g/mol. The minimum Gasteiger partial charge on any atom is -0.497 e. The van der Waals surface area contributed by atoms with E-state index in [2.05, 4.69) is 11.9 Å². The summed E-state index contributed by atoms with van der Waals surface area (Å²) < 4.78 is 10.7. The standard InChI is InChI=1S/C18H21N3O4/c1-5-8-21-13-10-20(2)17(22)15(13)16(19-18(21)23)12-9-11(24-3)6-7-14(12)25-4/h5-7,9,16H,1,8,10H2,2-4H3,(H,19,23). The van der Waals surface area contributed by atoms with Crippen LogP contribution in [0.1, 0.15) is 11.6 Å². The lowest BCUT2D eigenvalue weighted by atomic mass is 9.94. The van der Waals surface area contributed by atoms with Crippen LogP contribution in [0.5, 0.6) is 11.5 Å². The summed E-state index contributed by atoms with van der Waals surface area (Å²) in [7, 11) is 4.84. The molecule has 0 aliphatic carbocycles. The fourth-order valence-corrected chi connectivity index (χ4v) is 3.25. The molecule has 3 rings (SSSR count). The molecule has 1 aromatic rings. The highest BCUT2D eigenvalue weighted by Crippen LogP contribution is 2.40. The maximum absolute atomic E-state index is 12.7. The van der Waals surface area contributed by atoms with Crippen molar-refractivity contribution in [2.45, 2.75) is 6.04 Å². The topological polar surface area (TPSA) is 71.1 Å². The van der Waals surface area contributed by atoms with Gasteiger partial charge in [0.05, 0.1) is 38.1 Å². The van der Waals surface area contributed by atoms with Crippen LogP contribution in [-0.2, 0) is 4.79 Å². The minimum atomic E-state index is -0.592. The Labute approximate surface area is 146 Å². The van der Waals surface area contributed by atoms with E-state index in [0.717, 1.165) is 0 Å². The molecule has 2 aliphatic rings. The average Bonchev–Trinajstić information content (AvgIpc) is 2.91. The number of benzene rings is 1. The van der Waals surface area contributed by atoms with E-state index in [4.69, 9.17) is 9.47 Å². The maximum atomic E-state index is 12.7. The summed E-state index contributed by atoms with van der Waals surface area (Å²) in [5.74, 6) is 1.09. The fraction of sp³-hybridized carbons (Fsp3) is 0.333. The molecule has 2 aliphatic heterocycles. The molecule has 132 valence electrons. The highest BCUT2D eigenvalue weighted by molar-refractivity contribution is 6.01. The predicted octanol–water partition coefficient (Wildman–Crippen LogP) is 1.68. The fourth-order valence-electron chi connectivity index (χ4n) is 3.25. The molecule has 1 unspecified atom stereocenters. The third-order valence-corrected chi connectivity index (χ3v) is 4.46. The molecular formula is C18H21N3O4. The Hall–Kier alpha value is -2.96. The number of ether oxygens (including phenoxy) is 2. The molecule has 0 saturated heterocycles. The molecule has 1 N–H and O–H groups in total. The van der Waals surface area contributed by atoms with Gasteiger partial charge in [-0.3, -0.25) is 9.69 Å². The second-order valence-corrected chi connectivity index (χ2v) is 5.91. The van der Waals surface area contributed by atoms with E-state index in [1.165, 1.54) is 0 Å². The summed E-state index contributed by atoms with van der Waals surface area (Å²) in [6.45, 7) is 4.42. The number of urea groups is 1. The summed E-state index contributed by atoms with van der Waals surface area (Å²) in [4.78, 5) is 28.5. The number of carbonyl (C=O) groups excluding carboxylic acids is 2. The number of nitrogens with zero attached hydrogens (tertiary/aromatic N) is 2. The Bertz CT molecular complexity index is 772. The zero-order chi connectivity index (χ0) is 18.1. The SMILES string of the molecule is C=CCN1C(=O)NC(c2cc(OC)ccc2OC)C2=C1CN(C)C2=O. The first kappa shape index (κ1) is 16.9. The van der Waals surface area contributed by atoms with Crippen LogP contribution in [0, 0.1) is 0 Å². The van der Waals surface area contributed by atoms with E-state index >= 15 is 0 Å². The van der Waals surface area contributed by atoms with Crippen LogP contribution in [0.25, 0.3) is 0 Å². The highest BCUT2D eigenvalue weighted by atomic mass is 16.5. The summed E-state index contributed by atoms with van der Waals surface area (Å²) in [6.07, 6.45) is 1.64. The molecule has 7 nitrogen and oxygen atoms in total. The Morgan fingerprint density at radius 2 is 2.08 bits per heavy atom. The monoisotopic (exact) mass is 343 g/mol. The smallest absolute Gasteiger partial charge is 0.322 e. The van der Waals surface area contributed by atoms with Gasteiger partial charge in [-0.05, 0) is 18.2 Å². The first-order chi connectivity index (χ1) is 12.0. The Balaban J connectivity index is 2.15. The first-order valence-corrected chi connectivity index (χ1v) is 7.91. The van der Waals surface area contributed by atoms with Crippen LogP contribution < -0.4 is 14.8 Å². The van der Waals surface area contributed by atoms with Gasteiger partial charge in [-0.2, -0.15) is 0 Å². The Morgan fingerprint density at radius 1 is 1.32 bits per heavy atom. The number of likely N-dealkylation sites (N-methyl/N-ethyl adjacent to an activating group) is 1. The van der Waals surface area contributed by atoms with Gasteiger partial charge in [-0.25, -0.2) is 4.79 Å².